The molecule has 2 aliphatic rings. The first kappa shape index (κ1) is 18.5. The van der Waals surface area contributed by atoms with Crippen LogP contribution in [0, 0.1) is 0 Å². The molecule has 3 heterocycles. The minimum Gasteiger partial charge on any atom is -0.341 e. The standard InChI is InChI=1S/C18H18Cl2N4O2S/c1-22(2)15(25)16(26)23-6-5-18(9-23)10-24(17-21-8-14(20)27-17)13-4-3-11(19)7-12(13)18/h3-4,7-8H,5-6,9-10H2,1-2H3. The average Bonchev–Trinajstić information content (AvgIpc) is 3.33. The van der Waals surface area contributed by atoms with Gasteiger partial charge in [0.15, 0.2) is 5.13 Å². The van der Waals surface area contributed by atoms with E-state index in [1.165, 1.54) is 16.2 Å². The second-order valence-corrected chi connectivity index (χ2v) is 9.23. The molecule has 1 spiro atoms. The van der Waals surface area contributed by atoms with E-state index in [0.29, 0.717) is 29.0 Å². The van der Waals surface area contributed by atoms with Crippen LogP contribution in [0.1, 0.15) is 12.0 Å². The summed E-state index contributed by atoms with van der Waals surface area (Å²) in [6.45, 7) is 1.69. The van der Waals surface area contributed by atoms with Gasteiger partial charge in [0.05, 0.1) is 6.20 Å². The van der Waals surface area contributed by atoms with Crippen LogP contribution >= 0.6 is 34.5 Å². The Balaban J connectivity index is 1.69. The number of carbonyl (C=O) groups is 2. The number of anilines is 2. The van der Waals surface area contributed by atoms with Gasteiger partial charge in [0.2, 0.25) is 0 Å². The first-order chi connectivity index (χ1) is 12.8. The molecule has 0 N–H and O–H groups in total. The molecule has 9 heteroatoms. The van der Waals surface area contributed by atoms with E-state index in [9.17, 15) is 9.59 Å². The first-order valence-electron chi connectivity index (χ1n) is 8.50. The van der Waals surface area contributed by atoms with Crippen LogP contribution in [0.25, 0.3) is 0 Å². The highest BCUT2D eigenvalue weighted by molar-refractivity contribution is 7.19. The maximum Gasteiger partial charge on any atom is 0.312 e. The van der Waals surface area contributed by atoms with Crippen molar-refractivity contribution in [3.05, 3.63) is 39.3 Å². The Kier molecular flexibility index (Phi) is 4.56. The molecule has 1 aromatic heterocycles. The van der Waals surface area contributed by atoms with Gasteiger partial charge in [-0.05, 0) is 30.2 Å². The highest BCUT2D eigenvalue weighted by Gasteiger charge is 2.50. The van der Waals surface area contributed by atoms with E-state index in [2.05, 4.69) is 9.88 Å². The summed E-state index contributed by atoms with van der Waals surface area (Å²) in [5.41, 5.74) is 1.84. The van der Waals surface area contributed by atoms with Gasteiger partial charge in [-0.1, -0.05) is 34.5 Å². The van der Waals surface area contributed by atoms with Crippen LogP contribution in [0.2, 0.25) is 9.36 Å². The predicted octanol–water partition coefficient (Wildman–Crippen LogP) is 3.16. The Morgan fingerprint density at radius 1 is 1.26 bits per heavy atom. The second kappa shape index (κ2) is 6.65. The second-order valence-electron chi connectivity index (χ2n) is 7.15. The fourth-order valence-electron chi connectivity index (χ4n) is 3.90. The molecule has 2 aromatic rings. The van der Waals surface area contributed by atoms with Crippen molar-refractivity contribution in [3.8, 4) is 0 Å². The van der Waals surface area contributed by atoms with Crippen LogP contribution < -0.4 is 4.90 Å². The smallest absolute Gasteiger partial charge is 0.312 e. The molecule has 1 atom stereocenters. The van der Waals surface area contributed by atoms with Crippen LogP contribution in [-0.2, 0) is 15.0 Å². The molecule has 0 aliphatic carbocycles. The minimum atomic E-state index is -0.500. The van der Waals surface area contributed by atoms with E-state index in [1.807, 2.05) is 18.2 Å². The van der Waals surface area contributed by atoms with Crippen LogP contribution in [0.5, 0.6) is 0 Å². The zero-order valence-electron chi connectivity index (χ0n) is 14.9. The number of fused-ring (bicyclic) bond motifs is 2. The molecule has 0 saturated carbocycles. The van der Waals surface area contributed by atoms with Crippen LogP contribution in [0.15, 0.2) is 24.4 Å². The van der Waals surface area contributed by atoms with E-state index >= 15 is 0 Å². The SMILES string of the molecule is CN(C)C(=O)C(=O)N1CCC2(C1)CN(c1ncc(Cl)s1)c1ccc(Cl)cc12. The highest BCUT2D eigenvalue weighted by Crippen LogP contribution is 2.50. The molecule has 0 radical (unpaired) electrons. The van der Waals surface area contributed by atoms with E-state index in [0.717, 1.165) is 22.8 Å². The first-order valence-corrected chi connectivity index (χ1v) is 10.1. The number of amides is 2. The van der Waals surface area contributed by atoms with Crippen LogP contribution in [0.3, 0.4) is 0 Å². The number of likely N-dealkylation sites (N-methyl/N-ethyl adjacent to an activating group) is 1. The number of hydrogen-bond donors (Lipinski definition) is 0. The number of halogens is 2. The largest absolute Gasteiger partial charge is 0.341 e. The van der Waals surface area contributed by atoms with E-state index in [1.54, 1.807) is 25.2 Å². The third-order valence-electron chi connectivity index (χ3n) is 5.21. The van der Waals surface area contributed by atoms with Gasteiger partial charge in [0, 0.05) is 49.9 Å². The predicted molar refractivity (Wildman–Crippen MR) is 107 cm³/mol. The van der Waals surface area contributed by atoms with Crippen molar-refractivity contribution in [3.63, 3.8) is 0 Å². The maximum absolute atomic E-state index is 12.5. The summed E-state index contributed by atoms with van der Waals surface area (Å²) in [7, 11) is 3.18. The van der Waals surface area contributed by atoms with Crippen molar-refractivity contribution >= 4 is 57.2 Å². The third kappa shape index (κ3) is 3.07. The molecule has 1 aromatic carbocycles. The molecule has 142 valence electrons. The summed E-state index contributed by atoms with van der Waals surface area (Å²) in [4.78, 5) is 34.1. The van der Waals surface area contributed by atoms with Crippen molar-refractivity contribution in [2.45, 2.75) is 11.8 Å². The lowest BCUT2D eigenvalue weighted by Crippen LogP contribution is -2.43. The average molecular weight is 425 g/mol. The number of nitrogens with zero attached hydrogens (tertiary/aromatic N) is 4. The molecular formula is C18H18Cl2N4O2S. The number of rotatable bonds is 1. The molecule has 27 heavy (non-hydrogen) atoms. The van der Waals surface area contributed by atoms with Gasteiger partial charge < -0.3 is 14.7 Å². The molecular weight excluding hydrogens is 407 g/mol. The number of likely N-dealkylation sites (tertiary alicyclic amines) is 1. The normalized spacial score (nSPS) is 21.0. The summed E-state index contributed by atoms with van der Waals surface area (Å²) < 4.78 is 0.626. The van der Waals surface area contributed by atoms with Crippen molar-refractivity contribution in [1.29, 1.82) is 0 Å². The van der Waals surface area contributed by atoms with Gasteiger partial charge in [-0.15, -0.1) is 0 Å². The summed E-state index contributed by atoms with van der Waals surface area (Å²) in [6, 6.07) is 5.81. The van der Waals surface area contributed by atoms with Gasteiger partial charge >= 0.3 is 11.8 Å². The van der Waals surface area contributed by atoms with Crippen molar-refractivity contribution in [2.75, 3.05) is 38.6 Å². The zero-order valence-corrected chi connectivity index (χ0v) is 17.2. The Labute approximate surface area is 171 Å². The Morgan fingerprint density at radius 3 is 2.70 bits per heavy atom. The zero-order chi connectivity index (χ0) is 19.3. The maximum atomic E-state index is 12.5. The summed E-state index contributed by atoms with van der Waals surface area (Å²) in [5.74, 6) is -0.962. The lowest BCUT2D eigenvalue weighted by molar-refractivity contribution is -0.149. The lowest BCUT2D eigenvalue weighted by atomic mass is 9.81. The summed E-state index contributed by atoms with van der Waals surface area (Å²) >= 11 is 13.8. The highest BCUT2D eigenvalue weighted by atomic mass is 35.5. The lowest BCUT2D eigenvalue weighted by Gasteiger charge is -2.26. The van der Waals surface area contributed by atoms with Gasteiger partial charge in [-0.3, -0.25) is 9.59 Å². The molecule has 2 amide bonds. The Morgan fingerprint density at radius 2 is 2.04 bits per heavy atom. The minimum absolute atomic E-state index is 0.277. The summed E-state index contributed by atoms with van der Waals surface area (Å²) in [5, 5.41) is 1.47. The molecule has 1 unspecified atom stereocenters. The van der Waals surface area contributed by atoms with Crippen molar-refractivity contribution in [2.24, 2.45) is 0 Å². The monoisotopic (exact) mass is 424 g/mol. The topological polar surface area (TPSA) is 56.8 Å². The van der Waals surface area contributed by atoms with Gasteiger partial charge in [-0.25, -0.2) is 4.98 Å². The number of hydrogen-bond acceptors (Lipinski definition) is 5. The van der Waals surface area contributed by atoms with E-state index < -0.39 is 11.8 Å². The molecule has 0 bridgehead atoms. The van der Waals surface area contributed by atoms with Crippen LogP contribution in [-0.4, -0.2) is 60.3 Å². The van der Waals surface area contributed by atoms with Gasteiger partial charge in [0.25, 0.3) is 0 Å². The fraction of sp³-hybridized carbons (Fsp3) is 0.389. The number of thiazole rings is 1. The number of aromatic nitrogens is 1. The summed E-state index contributed by atoms with van der Waals surface area (Å²) in [6.07, 6.45) is 2.41. The Hall–Kier alpha value is -1.83. The van der Waals surface area contributed by atoms with Gasteiger partial charge in [0.1, 0.15) is 4.34 Å². The number of benzene rings is 1. The van der Waals surface area contributed by atoms with Crippen molar-refractivity contribution < 1.29 is 9.59 Å². The molecule has 6 nitrogen and oxygen atoms in total. The molecule has 4 rings (SSSR count). The fourth-order valence-corrected chi connectivity index (χ4v) is 4.99. The molecule has 1 saturated heterocycles. The third-order valence-corrected chi connectivity index (χ3v) is 6.58. The van der Waals surface area contributed by atoms with Crippen molar-refractivity contribution in [1.82, 2.24) is 14.8 Å². The quantitative estimate of drug-likeness (QED) is 0.659. The van der Waals surface area contributed by atoms with Gasteiger partial charge in [-0.2, -0.15) is 0 Å². The van der Waals surface area contributed by atoms with E-state index in [4.69, 9.17) is 23.2 Å². The van der Waals surface area contributed by atoms with E-state index in [-0.39, 0.29) is 5.41 Å². The molecule has 2 aliphatic heterocycles. The number of carbonyl (C=O) groups excluding carboxylic acids is 2. The molecule has 1 fully saturated rings. The van der Waals surface area contributed by atoms with Crippen LogP contribution in [0.4, 0.5) is 10.8 Å². The Bertz CT molecular complexity index is 932.